The van der Waals surface area contributed by atoms with Gasteiger partial charge in [-0.3, -0.25) is 9.59 Å². The van der Waals surface area contributed by atoms with Crippen molar-refractivity contribution >= 4 is 43.7 Å². The Morgan fingerprint density at radius 3 is 2.50 bits per heavy atom. The minimum atomic E-state index is -0.497. The Morgan fingerprint density at radius 1 is 1.40 bits per heavy atom. The van der Waals surface area contributed by atoms with Gasteiger partial charge in [-0.15, -0.1) is 0 Å². The van der Waals surface area contributed by atoms with Gasteiger partial charge in [-0.1, -0.05) is 38.8 Å². The monoisotopic (exact) mass is 402 g/mol. The van der Waals surface area contributed by atoms with Gasteiger partial charge < -0.3 is 10.6 Å². The van der Waals surface area contributed by atoms with Crippen molar-refractivity contribution in [2.75, 3.05) is 6.54 Å². The summed E-state index contributed by atoms with van der Waals surface area (Å²) in [6.45, 7) is 2.41. The minimum absolute atomic E-state index is 0.00301. The quantitative estimate of drug-likeness (QED) is 0.839. The molecule has 0 aliphatic carbocycles. The smallest absolute Gasteiger partial charge is 0.240 e. The highest BCUT2D eigenvalue weighted by Gasteiger charge is 2.36. The van der Waals surface area contributed by atoms with Crippen molar-refractivity contribution in [2.45, 2.75) is 31.7 Å². The highest BCUT2D eigenvalue weighted by Crippen LogP contribution is 2.33. The highest BCUT2D eigenvalue weighted by atomic mass is 79.9. The van der Waals surface area contributed by atoms with Crippen LogP contribution in [0, 0.1) is 0 Å². The lowest BCUT2D eigenvalue weighted by Gasteiger charge is -2.24. The number of hydrogen-bond acceptors (Lipinski definition) is 2. The zero-order valence-corrected chi connectivity index (χ0v) is 14.3. The summed E-state index contributed by atoms with van der Waals surface area (Å²) in [5.41, 5.74) is 6.46. The number of rotatable bonds is 4. The van der Waals surface area contributed by atoms with Crippen LogP contribution in [0.1, 0.15) is 31.2 Å². The molecule has 2 amide bonds. The second-order valence-electron chi connectivity index (χ2n) is 4.98. The van der Waals surface area contributed by atoms with E-state index in [1.165, 1.54) is 0 Å². The normalized spacial score (nSPS) is 20.2. The maximum atomic E-state index is 12.1. The minimum Gasteiger partial charge on any atom is -0.368 e. The summed E-state index contributed by atoms with van der Waals surface area (Å²) in [5.74, 6) is -0.335. The van der Waals surface area contributed by atoms with E-state index in [4.69, 9.17) is 5.73 Å². The maximum Gasteiger partial charge on any atom is 0.240 e. The molecule has 0 aromatic heterocycles. The predicted octanol–water partition coefficient (Wildman–Crippen LogP) is 2.79. The summed E-state index contributed by atoms with van der Waals surface area (Å²) < 4.78 is 1.93. The number of hydrogen-bond donors (Lipinski definition) is 1. The lowest BCUT2D eigenvalue weighted by atomic mass is 9.98. The third-order valence-electron chi connectivity index (χ3n) is 3.61. The fourth-order valence-corrected chi connectivity index (χ4v) is 3.97. The summed E-state index contributed by atoms with van der Waals surface area (Å²) in [7, 11) is 0. The Morgan fingerprint density at radius 2 is 2.00 bits per heavy atom. The first-order valence-corrected chi connectivity index (χ1v) is 8.05. The molecule has 2 N–H and O–H groups in total. The van der Waals surface area contributed by atoms with Crippen molar-refractivity contribution in [1.82, 2.24) is 4.90 Å². The van der Waals surface area contributed by atoms with Crippen LogP contribution in [0.3, 0.4) is 0 Å². The Bertz CT molecular complexity index is 528. The van der Waals surface area contributed by atoms with Gasteiger partial charge in [-0.2, -0.15) is 0 Å². The molecule has 0 radical (unpaired) electrons. The molecule has 4 nitrogen and oxygen atoms in total. The van der Waals surface area contributed by atoms with Crippen LogP contribution in [0.15, 0.2) is 27.1 Å². The standard InChI is InChI=1S/C14H16Br2N2O2/c1-2-12(14(17)20)18-7-9(5-13(18)19)8-3-10(15)6-11(16)4-8/h3-4,6,9,12H,2,5,7H2,1H3,(H2,17,20)/t9?,12-/m0/s1. The van der Waals surface area contributed by atoms with E-state index in [1.54, 1.807) is 4.90 Å². The van der Waals surface area contributed by atoms with Crippen LogP contribution in [0.4, 0.5) is 0 Å². The SMILES string of the molecule is CC[C@@H](C(N)=O)N1CC(c2cc(Br)cc(Br)c2)CC1=O. The molecule has 1 aromatic rings. The number of likely N-dealkylation sites (tertiary alicyclic amines) is 1. The van der Waals surface area contributed by atoms with Crippen molar-refractivity contribution in [3.8, 4) is 0 Å². The first kappa shape index (κ1) is 15.5. The molecule has 1 aromatic carbocycles. The van der Waals surface area contributed by atoms with Crippen molar-refractivity contribution in [2.24, 2.45) is 5.73 Å². The van der Waals surface area contributed by atoms with Crippen molar-refractivity contribution < 1.29 is 9.59 Å². The van der Waals surface area contributed by atoms with E-state index in [2.05, 4.69) is 31.9 Å². The van der Waals surface area contributed by atoms with Crippen LogP contribution >= 0.6 is 31.9 Å². The Hall–Kier alpha value is -0.880. The third-order valence-corrected chi connectivity index (χ3v) is 4.52. The average molecular weight is 404 g/mol. The fourth-order valence-electron chi connectivity index (χ4n) is 2.64. The summed E-state index contributed by atoms with van der Waals surface area (Å²) in [6, 6.07) is 5.48. The first-order valence-electron chi connectivity index (χ1n) is 6.47. The number of nitrogens with zero attached hydrogens (tertiary/aromatic N) is 1. The molecule has 1 unspecified atom stereocenters. The van der Waals surface area contributed by atoms with Gasteiger partial charge in [-0.25, -0.2) is 0 Å². The second kappa shape index (κ2) is 6.26. The van der Waals surface area contributed by atoms with Crippen LogP contribution in [0.2, 0.25) is 0 Å². The maximum absolute atomic E-state index is 12.1. The Kier molecular flexibility index (Phi) is 4.86. The molecule has 1 saturated heterocycles. The molecule has 0 saturated carbocycles. The van der Waals surface area contributed by atoms with Crippen LogP contribution in [0.25, 0.3) is 0 Å². The van der Waals surface area contributed by atoms with Crippen LogP contribution in [-0.2, 0) is 9.59 Å². The van der Waals surface area contributed by atoms with Gasteiger partial charge >= 0.3 is 0 Å². The Balaban J connectivity index is 2.22. The molecule has 1 fully saturated rings. The summed E-state index contributed by atoms with van der Waals surface area (Å²) in [5, 5.41) is 0. The largest absolute Gasteiger partial charge is 0.368 e. The Labute approximate surface area is 135 Å². The summed E-state index contributed by atoms with van der Waals surface area (Å²) in [6.07, 6.45) is 0.975. The number of carbonyl (C=O) groups is 2. The van der Waals surface area contributed by atoms with Crippen molar-refractivity contribution in [3.05, 3.63) is 32.7 Å². The molecule has 1 heterocycles. The number of primary amides is 1. The van der Waals surface area contributed by atoms with Gasteiger partial charge in [0.05, 0.1) is 0 Å². The van der Waals surface area contributed by atoms with Crippen molar-refractivity contribution in [1.29, 1.82) is 0 Å². The zero-order valence-electron chi connectivity index (χ0n) is 11.1. The molecule has 1 aliphatic heterocycles. The van der Waals surface area contributed by atoms with Crippen LogP contribution < -0.4 is 5.73 Å². The molecule has 0 bridgehead atoms. The van der Waals surface area contributed by atoms with Gasteiger partial charge in [0.2, 0.25) is 11.8 Å². The molecular formula is C14H16Br2N2O2. The zero-order chi connectivity index (χ0) is 14.9. The van der Waals surface area contributed by atoms with Crippen molar-refractivity contribution in [3.63, 3.8) is 0 Å². The lowest BCUT2D eigenvalue weighted by Crippen LogP contribution is -2.45. The van der Waals surface area contributed by atoms with Gasteiger partial charge in [0.15, 0.2) is 0 Å². The topological polar surface area (TPSA) is 63.4 Å². The van der Waals surface area contributed by atoms with E-state index in [0.29, 0.717) is 19.4 Å². The van der Waals surface area contributed by atoms with E-state index in [-0.39, 0.29) is 11.8 Å². The molecule has 1 aliphatic rings. The lowest BCUT2D eigenvalue weighted by molar-refractivity contribution is -0.136. The van der Waals surface area contributed by atoms with E-state index < -0.39 is 11.9 Å². The van der Waals surface area contributed by atoms with Gasteiger partial charge in [0, 0.05) is 27.8 Å². The van der Waals surface area contributed by atoms with E-state index in [9.17, 15) is 9.59 Å². The number of amides is 2. The summed E-state index contributed by atoms with van der Waals surface area (Å²) in [4.78, 5) is 25.2. The molecule has 0 spiro atoms. The molecule has 6 heteroatoms. The van der Waals surface area contributed by atoms with Gasteiger partial charge in [-0.05, 0) is 30.2 Å². The number of halogens is 2. The predicted molar refractivity (Wildman–Crippen MR) is 84.2 cm³/mol. The molecule has 2 atom stereocenters. The molecule has 2 rings (SSSR count). The fraction of sp³-hybridized carbons (Fsp3) is 0.429. The van der Waals surface area contributed by atoms with Gasteiger partial charge in [0.25, 0.3) is 0 Å². The number of carbonyl (C=O) groups excluding carboxylic acids is 2. The summed E-state index contributed by atoms with van der Waals surface area (Å²) >= 11 is 6.91. The molecule has 20 heavy (non-hydrogen) atoms. The van der Waals surface area contributed by atoms with Crippen LogP contribution in [0.5, 0.6) is 0 Å². The van der Waals surface area contributed by atoms with E-state index in [1.807, 2.05) is 25.1 Å². The van der Waals surface area contributed by atoms with Crippen LogP contribution in [-0.4, -0.2) is 29.3 Å². The molecular weight excluding hydrogens is 388 g/mol. The third kappa shape index (κ3) is 3.23. The highest BCUT2D eigenvalue weighted by molar-refractivity contribution is 9.11. The second-order valence-corrected chi connectivity index (χ2v) is 6.81. The number of benzene rings is 1. The average Bonchev–Trinajstić information content (AvgIpc) is 2.71. The van der Waals surface area contributed by atoms with E-state index in [0.717, 1.165) is 14.5 Å². The first-order chi connectivity index (χ1) is 9.42. The number of nitrogens with two attached hydrogens (primary N) is 1. The molecule has 108 valence electrons. The van der Waals surface area contributed by atoms with E-state index >= 15 is 0 Å². The van der Waals surface area contributed by atoms with Gasteiger partial charge in [0.1, 0.15) is 6.04 Å².